The van der Waals surface area contributed by atoms with Crippen molar-refractivity contribution in [3.8, 4) is 23.0 Å². The summed E-state index contributed by atoms with van der Waals surface area (Å²) >= 11 is 0. The molecule has 1 N–H and O–H groups in total. The summed E-state index contributed by atoms with van der Waals surface area (Å²) in [6.07, 6.45) is 4.45. The second kappa shape index (κ2) is 13.3. The summed E-state index contributed by atoms with van der Waals surface area (Å²) in [6, 6.07) is 9.88. The van der Waals surface area contributed by atoms with Crippen LogP contribution in [0, 0.1) is 5.92 Å². The van der Waals surface area contributed by atoms with Crippen LogP contribution in [0.5, 0.6) is 23.0 Å². The van der Waals surface area contributed by atoms with Gasteiger partial charge in [-0.25, -0.2) is 0 Å². The third-order valence-electron chi connectivity index (χ3n) is 6.32. The van der Waals surface area contributed by atoms with Gasteiger partial charge in [0.1, 0.15) is 0 Å². The zero-order valence-corrected chi connectivity index (χ0v) is 21.6. The first-order valence-corrected chi connectivity index (χ1v) is 11.4. The van der Waals surface area contributed by atoms with Gasteiger partial charge in [-0.15, -0.1) is 12.4 Å². The lowest BCUT2D eigenvalue weighted by Crippen LogP contribution is -2.25. The molecule has 34 heavy (non-hydrogen) atoms. The van der Waals surface area contributed by atoms with Gasteiger partial charge < -0.3 is 29.2 Å². The molecule has 0 bridgehead atoms. The van der Waals surface area contributed by atoms with Gasteiger partial charge >= 0.3 is 0 Å². The van der Waals surface area contributed by atoms with Gasteiger partial charge in [-0.3, -0.25) is 4.79 Å². The molecule has 7 nitrogen and oxygen atoms in total. The van der Waals surface area contributed by atoms with E-state index in [2.05, 4.69) is 23.3 Å². The number of methoxy groups -OCH3 is 4. The Labute approximate surface area is 209 Å². The van der Waals surface area contributed by atoms with Gasteiger partial charge in [0.15, 0.2) is 23.0 Å². The second-order valence-electron chi connectivity index (χ2n) is 8.47. The Morgan fingerprint density at radius 3 is 2.24 bits per heavy atom. The summed E-state index contributed by atoms with van der Waals surface area (Å²) in [5, 5.41) is 3.09. The number of nitrogens with one attached hydrogen (secondary N) is 1. The van der Waals surface area contributed by atoms with Gasteiger partial charge in [0, 0.05) is 24.2 Å². The minimum atomic E-state index is 0. The number of carbonyl (C=O) groups excluding carboxylic acids is 1. The van der Waals surface area contributed by atoms with Gasteiger partial charge in [0.25, 0.3) is 0 Å². The van der Waals surface area contributed by atoms with Crippen LogP contribution in [0.2, 0.25) is 0 Å². The van der Waals surface area contributed by atoms with Crippen LogP contribution in [0.4, 0.5) is 5.69 Å². The SMILES string of the molecule is COc1ccc(CCN(C)CCCC2CCc3cc(OC)c(OC)cc3NC2=O)cc1OC.Cl. The summed E-state index contributed by atoms with van der Waals surface area (Å²) in [4.78, 5) is 15.1. The zero-order valence-electron chi connectivity index (χ0n) is 20.8. The first-order valence-electron chi connectivity index (χ1n) is 11.4. The Kier molecular flexibility index (Phi) is 10.8. The molecule has 3 rings (SSSR count). The highest BCUT2D eigenvalue weighted by atomic mass is 35.5. The van der Waals surface area contributed by atoms with Crippen molar-refractivity contribution in [2.75, 3.05) is 53.9 Å². The largest absolute Gasteiger partial charge is 0.493 e. The Balaban J connectivity index is 0.00000408. The molecule has 8 heteroatoms. The van der Waals surface area contributed by atoms with E-state index in [0.29, 0.717) is 11.5 Å². The van der Waals surface area contributed by atoms with Crippen LogP contribution in [0.25, 0.3) is 0 Å². The highest BCUT2D eigenvalue weighted by molar-refractivity contribution is 5.94. The molecule has 1 aliphatic heterocycles. The lowest BCUT2D eigenvalue weighted by atomic mass is 9.95. The predicted octanol–water partition coefficient (Wildman–Crippen LogP) is 4.60. The van der Waals surface area contributed by atoms with E-state index < -0.39 is 0 Å². The fourth-order valence-corrected chi connectivity index (χ4v) is 4.29. The third kappa shape index (κ3) is 6.93. The summed E-state index contributed by atoms with van der Waals surface area (Å²) in [7, 11) is 8.66. The minimum Gasteiger partial charge on any atom is -0.493 e. The summed E-state index contributed by atoms with van der Waals surface area (Å²) in [6.45, 7) is 1.89. The molecule has 0 saturated carbocycles. The first-order chi connectivity index (χ1) is 16.0. The van der Waals surface area contributed by atoms with Gasteiger partial charge in [-0.1, -0.05) is 6.07 Å². The van der Waals surface area contributed by atoms with Gasteiger partial charge in [0.05, 0.1) is 28.4 Å². The molecule has 0 saturated heterocycles. The van der Waals surface area contributed by atoms with Crippen molar-refractivity contribution in [2.45, 2.75) is 32.1 Å². The Hall–Kier alpha value is -2.64. The van der Waals surface area contributed by atoms with Crippen LogP contribution in [-0.4, -0.2) is 59.4 Å². The first kappa shape index (κ1) is 27.6. The van der Waals surface area contributed by atoms with Crippen LogP contribution < -0.4 is 24.3 Å². The number of halogens is 1. The number of benzene rings is 2. The normalized spacial score (nSPS) is 15.0. The van der Waals surface area contributed by atoms with Gasteiger partial charge in [0.2, 0.25) is 5.91 Å². The molecule has 0 spiro atoms. The minimum absolute atomic E-state index is 0. The van der Waals surface area contributed by atoms with Crippen LogP contribution in [0.15, 0.2) is 30.3 Å². The number of rotatable bonds is 11. The monoisotopic (exact) mass is 492 g/mol. The lowest BCUT2D eigenvalue weighted by molar-refractivity contribution is -0.120. The molecule has 188 valence electrons. The Morgan fingerprint density at radius 2 is 1.56 bits per heavy atom. The van der Waals surface area contributed by atoms with Crippen LogP contribution in [0.1, 0.15) is 30.4 Å². The van der Waals surface area contributed by atoms with E-state index in [0.717, 1.165) is 67.9 Å². The Bertz CT molecular complexity index is 953. The number of amides is 1. The second-order valence-corrected chi connectivity index (χ2v) is 8.47. The van der Waals surface area contributed by atoms with Crippen molar-refractivity contribution in [3.63, 3.8) is 0 Å². The van der Waals surface area contributed by atoms with E-state index in [-0.39, 0.29) is 24.2 Å². The molecule has 0 aromatic heterocycles. The predicted molar refractivity (Wildman–Crippen MR) is 137 cm³/mol. The van der Waals surface area contributed by atoms with E-state index in [1.54, 1.807) is 28.4 Å². The Morgan fingerprint density at radius 1 is 0.912 bits per heavy atom. The molecule has 0 radical (unpaired) electrons. The molecule has 0 aliphatic carbocycles. The quantitative estimate of drug-likeness (QED) is 0.494. The van der Waals surface area contributed by atoms with E-state index in [4.69, 9.17) is 18.9 Å². The molecular formula is C26H37ClN2O5. The number of carbonyl (C=O) groups is 1. The fourth-order valence-electron chi connectivity index (χ4n) is 4.29. The van der Waals surface area contributed by atoms with Crippen molar-refractivity contribution in [2.24, 2.45) is 5.92 Å². The maximum atomic E-state index is 12.8. The van der Waals surface area contributed by atoms with Crippen LogP contribution in [-0.2, 0) is 17.6 Å². The third-order valence-corrected chi connectivity index (χ3v) is 6.32. The fraction of sp³-hybridized carbons (Fsp3) is 0.500. The molecule has 2 aromatic rings. The molecule has 1 atom stereocenters. The van der Waals surface area contributed by atoms with Crippen LogP contribution >= 0.6 is 12.4 Å². The van der Waals surface area contributed by atoms with Crippen LogP contribution in [0.3, 0.4) is 0 Å². The molecule has 1 unspecified atom stereocenters. The smallest absolute Gasteiger partial charge is 0.227 e. The zero-order chi connectivity index (χ0) is 23.8. The van der Waals surface area contributed by atoms with Crippen molar-refractivity contribution in [3.05, 3.63) is 41.5 Å². The average molecular weight is 493 g/mol. The number of fused-ring (bicyclic) bond motifs is 1. The molecule has 1 aliphatic rings. The van der Waals surface area contributed by atoms with E-state index >= 15 is 0 Å². The van der Waals surface area contributed by atoms with Gasteiger partial charge in [-0.2, -0.15) is 0 Å². The van der Waals surface area contributed by atoms with E-state index in [1.165, 1.54) is 5.56 Å². The molecule has 2 aromatic carbocycles. The number of ether oxygens (including phenoxy) is 4. The summed E-state index contributed by atoms with van der Waals surface area (Å²) < 4.78 is 21.5. The molecule has 1 amide bonds. The topological polar surface area (TPSA) is 69.3 Å². The average Bonchev–Trinajstić information content (AvgIpc) is 2.99. The number of anilines is 1. The van der Waals surface area contributed by atoms with Crippen molar-refractivity contribution < 1.29 is 23.7 Å². The van der Waals surface area contributed by atoms with Gasteiger partial charge in [-0.05, 0) is 75.0 Å². The number of aryl methyl sites for hydroxylation is 1. The highest BCUT2D eigenvalue weighted by Gasteiger charge is 2.25. The van der Waals surface area contributed by atoms with Crippen molar-refractivity contribution >= 4 is 24.0 Å². The molecule has 0 fully saturated rings. The number of likely N-dealkylation sites (N-methyl/N-ethyl adjacent to an activating group) is 1. The van der Waals surface area contributed by atoms with E-state index in [1.807, 2.05) is 24.3 Å². The van der Waals surface area contributed by atoms with E-state index in [9.17, 15) is 4.79 Å². The summed E-state index contributed by atoms with van der Waals surface area (Å²) in [5.41, 5.74) is 3.13. The molecule has 1 heterocycles. The maximum absolute atomic E-state index is 12.8. The standard InChI is InChI=1S/C26H36N2O5.ClH/c1-28(14-12-18-8-11-22(30-2)23(15-18)31-3)13-6-7-19-9-10-20-16-24(32-4)25(33-5)17-21(20)27-26(19)29;/h8,11,15-17,19H,6-7,9-10,12-14H2,1-5H3,(H,27,29);1H. The number of hydrogen-bond donors (Lipinski definition) is 1. The van der Waals surface area contributed by atoms with Crippen molar-refractivity contribution in [1.29, 1.82) is 0 Å². The highest BCUT2D eigenvalue weighted by Crippen LogP contribution is 2.36. The van der Waals surface area contributed by atoms with Crippen molar-refractivity contribution in [1.82, 2.24) is 4.90 Å². The number of hydrogen-bond acceptors (Lipinski definition) is 6. The lowest BCUT2D eigenvalue weighted by Gasteiger charge is -2.19. The maximum Gasteiger partial charge on any atom is 0.227 e. The number of nitrogens with zero attached hydrogens (tertiary/aromatic N) is 1. The molecular weight excluding hydrogens is 456 g/mol. The summed E-state index contributed by atoms with van der Waals surface area (Å²) in [5.74, 6) is 2.93.